The minimum atomic E-state index is -1.05. The van der Waals surface area contributed by atoms with Gasteiger partial charge in [-0.2, -0.15) is 0 Å². The summed E-state index contributed by atoms with van der Waals surface area (Å²) in [7, 11) is 1.63. The summed E-state index contributed by atoms with van der Waals surface area (Å²) in [6.45, 7) is 3.83. The van der Waals surface area contributed by atoms with Gasteiger partial charge in [-0.05, 0) is 37.6 Å². The van der Waals surface area contributed by atoms with E-state index in [9.17, 15) is 9.59 Å². The molecule has 0 saturated carbocycles. The fraction of sp³-hybridized carbons (Fsp3) is 0.267. The number of hydrogen-bond donors (Lipinski definition) is 1. The van der Waals surface area contributed by atoms with Gasteiger partial charge in [0, 0.05) is 18.7 Å². The van der Waals surface area contributed by atoms with Crippen molar-refractivity contribution in [1.82, 2.24) is 10.1 Å². The first kappa shape index (κ1) is 14.8. The lowest BCUT2D eigenvalue weighted by molar-refractivity contribution is 0.0696. The maximum atomic E-state index is 12.4. The van der Waals surface area contributed by atoms with E-state index < -0.39 is 5.97 Å². The molecule has 0 aliphatic carbocycles. The highest BCUT2D eigenvalue weighted by atomic mass is 16.5. The number of nitrogens with zero attached hydrogens (tertiary/aromatic N) is 2. The maximum Gasteiger partial charge on any atom is 0.335 e. The van der Waals surface area contributed by atoms with E-state index in [1.807, 2.05) is 0 Å². The minimum Gasteiger partial charge on any atom is -0.478 e. The van der Waals surface area contributed by atoms with Gasteiger partial charge in [0.2, 0.25) is 0 Å². The van der Waals surface area contributed by atoms with Crippen LogP contribution in [0.1, 0.15) is 37.7 Å². The molecule has 0 bridgehead atoms. The summed E-state index contributed by atoms with van der Waals surface area (Å²) in [5, 5.41) is 12.9. The molecule has 1 amide bonds. The molecule has 0 saturated heterocycles. The van der Waals surface area contributed by atoms with Crippen molar-refractivity contribution in [3.8, 4) is 0 Å². The molecule has 1 aromatic heterocycles. The fourth-order valence-corrected chi connectivity index (χ4v) is 2.06. The van der Waals surface area contributed by atoms with Crippen LogP contribution in [0, 0.1) is 13.8 Å². The smallest absolute Gasteiger partial charge is 0.335 e. The van der Waals surface area contributed by atoms with Crippen LogP contribution in [-0.2, 0) is 6.54 Å². The number of rotatable bonds is 4. The van der Waals surface area contributed by atoms with Crippen molar-refractivity contribution < 1.29 is 19.2 Å². The number of amides is 1. The van der Waals surface area contributed by atoms with Gasteiger partial charge in [-0.25, -0.2) is 4.79 Å². The standard InChI is InChI=1S/C15H16N2O4/c1-9-4-11(7-12(5-9)15(19)20)14(18)17(3)8-13-6-10(2)21-16-13/h4-7H,8H2,1-3H3,(H,19,20). The van der Waals surface area contributed by atoms with E-state index in [0.717, 1.165) is 5.56 Å². The monoisotopic (exact) mass is 288 g/mol. The van der Waals surface area contributed by atoms with E-state index >= 15 is 0 Å². The van der Waals surface area contributed by atoms with Gasteiger partial charge in [0.1, 0.15) is 11.5 Å². The lowest BCUT2D eigenvalue weighted by Crippen LogP contribution is -2.26. The van der Waals surface area contributed by atoms with Gasteiger partial charge in [0.15, 0.2) is 0 Å². The predicted molar refractivity (Wildman–Crippen MR) is 75.2 cm³/mol. The molecule has 2 rings (SSSR count). The Morgan fingerprint density at radius 3 is 2.43 bits per heavy atom. The van der Waals surface area contributed by atoms with E-state index in [1.165, 1.54) is 17.0 Å². The van der Waals surface area contributed by atoms with Crippen molar-refractivity contribution in [2.75, 3.05) is 7.05 Å². The number of hydrogen-bond acceptors (Lipinski definition) is 4. The van der Waals surface area contributed by atoms with E-state index in [1.54, 1.807) is 33.0 Å². The van der Waals surface area contributed by atoms with Crippen LogP contribution in [0.2, 0.25) is 0 Å². The third kappa shape index (κ3) is 3.47. The highest BCUT2D eigenvalue weighted by Crippen LogP contribution is 2.13. The Bertz CT molecular complexity index is 691. The number of carboxylic acids is 1. The van der Waals surface area contributed by atoms with Crippen molar-refractivity contribution in [2.45, 2.75) is 20.4 Å². The molecule has 1 aromatic carbocycles. The Hall–Kier alpha value is -2.63. The second-order valence-corrected chi connectivity index (χ2v) is 4.98. The molecule has 21 heavy (non-hydrogen) atoms. The molecule has 1 N–H and O–H groups in total. The molecular weight excluding hydrogens is 272 g/mol. The highest BCUT2D eigenvalue weighted by molar-refractivity contribution is 5.97. The fourth-order valence-electron chi connectivity index (χ4n) is 2.06. The first-order valence-electron chi connectivity index (χ1n) is 6.39. The normalized spacial score (nSPS) is 10.4. The Kier molecular flexibility index (Phi) is 4.07. The molecule has 0 spiro atoms. The number of aromatic nitrogens is 1. The molecule has 110 valence electrons. The van der Waals surface area contributed by atoms with E-state index in [-0.39, 0.29) is 11.5 Å². The van der Waals surface area contributed by atoms with Crippen molar-refractivity contribution in [2.24, 2.45) is 0 Å². The molecule has 0 aliphatic heterocycles. The molecule has 0 unspecified atom stereocenters. The predicted octanol–water partition coefficient (Wildman–Crippen LogP) is 2.26. The molecular formula is C15H16N2O4. The number of benzene rings is 1. The van der Waals surface area contributed by atoms with Crippen LogP contribution >= 0.6 is 0 Å². The highest BCUT2D eigenvalue weighted by Gasteiger charge is 2.16. The average Bonchev–Trinajstić information content (AvgIpc) is 2.82. The summed E-state index contributed by atoms with van der Waals surface area (Å²) in [6.07, 6.45) is 0. The maximum absolute atomic E-state index is 12.4. The molecule has 0 radical (unpaired) electrons. The topological polar surface area (TPSA) is 83.6 Å². The molecule has 0 atom stereocenters. The number of aryl methyl sites for hydroxylation is 2. The molecule has 6 nitrogen and oxygen atoms in total. The number of carbonyl (C=O) groups is 2. The van der Waals surface area contributed by atoms with E-state index in [4.69, 9.17) is 9.63 Å². The summed E-state index contributed by atoms with van der Waals surface area (Å²) in [5.74, 6) is -0.640. The number of carbonyl (C=O) groups excluding carboxylic acids is 1. The van der Waals surface area contributed by atoms with Crippen LogP contribution in [-0.4, -0.2) is 34.1 Å². The van der Waals surface area contributed by atoms with Gasteiger partial charge in [-0.15, -0.1) is 0 Å². The Balaban J connectivity index is 2.20. The summed E-state index contributed by atoms with van der Waals surface area (Å²) >= 11 is 0. The van der Waals surface area contributed by atoms with Crippen LogP contribution in [0.25, 0.3) is 0 Å². The summed E-state index contributed by atoms with van der Waals surface area (Å²) in [4.78, 5) is 24.9. The van der Waals surface area contributed by atoms with Gasteiger partial charge >= 0.3 is 5.97 Å². The zero-order chi connectivity index (χ0) is 15.6. The lowest BCUT2D eigenvalue weighted by Gasteiger charge is -2.16. The lowest BCUT2D eigenvalue weighted by atomic mass is 10.1. The molecule has 0 fully saturated rings. The Labute approximate surface area is 122 Å². The van der Waals surface area contributed by atoms with Crippen LogP contribution in [0.5, 0.6) is 0 Å². The van der Waals surface area contributed by atoms with Crippen molar-refractivity contribution in [3.05, 3.63) is 52.4 Å². The summed E-state index contributed by atoms with van der Waals surface area (Å²) in [5.41, 5.74) is 1.82. The van der Waals surface area contributed by atoms with Crippen LogP contribution in [0.15, 0.2) is 28.8 Å². The second-order valence-electron chi connectivity index (χ2n) is 4.98. The zero-order valence-corrected chi connectivity index (χ0v) is 12.1. The van der Waals surface area contributed by atoms with Crippen LogP contribution < -0.4 is 0 Å². The Morgan fingerprint density at radius 2 is 1.86 bits per heavy atom. The molecule has 2 aromatic rings. The minimum absolute atomic E-state index is 0.101. The molecule has 0 aliphatic rings. The SMILES string of the molecule is Cc1cc(C(=O)O)cc(C(=O)N(C)Cc2cc(C)on2)c1. The first-order chi connectivity index (χ1) is 9.86. The first-order valence-corrected chi connectivity index (χ1v) is 6.39. The molecule has 1 heterocycles. The van der Waals surface area contributed by atoms with Crippen molar-refractivity contribution >= 4 is 11.9 Å². The average molecular weight is 288 g/mol. The van der Waals surface area contributed by atoms with Crippen molar-refractivity contribution in [3.63, 3.8) is 0 Å². The number of carboxylic acid groups (broad SMARTS) is 1. The van der Waals surface area contributed by atoms with Gasteiger partial charge in [-0.1, -0.05) is 5.16 Å². The molecule has 6 heteroatoms. The van der Waals surface area contributed by atoms with Crippen LogP contribution in [0.3, 0.4) is 0 Å². The summed E-state index contributed by atoms with van der Waals surface area (Å²) in [6, 6.07) is 6.32. The second kappa shape index (κ2) is 5.78. The third-order valence-corrected chi connectivity index (χ3v) is 2.99. The van der Waals surface area contributed by atoms with Gasteiger partial charge in [-0.3, -0.25) is 4.79 Å². The van der Waals surface area contributed by atoms with Gasteiger partial charge in [0.25, 0.3) is 5.91 Å². The number of aromatic carboxylic acids is 1. The van der Waals surface area contributed by atoms with E-state index in [2.05, 4.69) is 5.16 Å². The van der Waals surface area contributed by atoms with Gasteiger partial charge < -0.3 is 14.5 Å². The van der Waals surface area contributed by atoms with Crippen LogP contribution in [0.4, 0.5) is 0 Å². The van der Waals surface area contributed by atoms with Gasteiger partial charge in [0.05, 0.1) is 12.1 Å². The quantitative estimate of drug-likeness (QED) is 0.933. The largest absolute Gasteiger partial charge is 0.478 e. The van der Waals surface area contributed by atoms with Crippen molar-refractivity contribution in [1.29, 1.82) is 0 Å². The Morgan fingerprint density at radius 1 is 1.19 bits per heavy atom. The zero-order valence-electron chi connectivity index (χ0n) is 12.1. The van der Waals surface area contributed by atoms with E-state index in [0.29, 0.717) is 23.6 Å². The summed E-state index contributed by atoms with van der Waals surface area (Å²) < 4.78 is 4.95. The third-order valence-electron chi connectivity index (χ3n) is 2.99.